The second-order valence-corrected chi connectivity index (χ2v) is 37.4. The predicted molar refractivity (Wildman–Crippen MR) is 542 cm³/mol. The molecule has 0 saturated heterocycles. The summed E-state index contributed by atoms with van der Waals surface area (Å²) in [6, 6.07) is -3.30. The molecule has 137 heavy (non-hydrogen) atoms. The minimum absolute atomic E-state index is 0. The van der Waals surface area contributed by atoms with Crippen LogP contribution in [0.5, 0.6) is 0 Å². The first kappa shape index (κ1) is 134. The lowest BCUT2D eigenvalue weighted by molar-refractivity contribution is -0.148. The Labute approximate surface area is 833 Å². The third-order valence-electron chi connectivity index (χ3n) is 22.0. The molecule has 44 heteroatoms. The summed E-state index contributed by atoms with van der Waals surface area (Å²) in [5, 5.41) is 25.0. The molecule has 0 aromatic carbocycles. The van der Waals surface area contributed by atoms with E-state index in [2.05, 4.69) is 31.9 Å². The van der Waals surface area contributed by atoms with E-state index < -0.39 is 53.7 Å². The van der Waals surface area contributed by atoms with Gasteiger partial charge in [0.15, 0.2) is 0 Å². The van der Waals surface area contributed by atoms with Crippen molar-refractivity contribution in [3.8, 4) is 0 Å². The Morgan fingerprint density at radius 2 is 0.504 bits per heavy atom. The van der Waals surface area contributed by atoms with Crippen molar-refractivity contribution in [3.63, 3.8) is 0 Å². The monoisotopic (exact) mass is 2020 g/mol. The number of aliphatic carboxylic acids is 1. The number of carbonyl (C=O) groups excluding carboxylic acids is 19. The van der Waals surface area contributed by atoms with E-state index in [9.17, 15) is 95.9 Å². The van der Waals surface area contributed by atoms with Crippen molar-refractivity contribution in [1.82, 2.24) is 90.7 Å². The molecule has 0 bridgehead atoms. The molecule has 0 aromatic rings. The molecule has 0 saturated carbocycles. The number of hydrogen-bond acceptors (Lipinski definition) is 25. The number of carbonyl (C=O) groups is 20. The highest BCUT2D eigenvalue weighted by Gasteiger charge is 2.30. The lowest BCUT2D eigenvalue weighted by Gasteiger charge is -2.28. The maximum Gasteiger partial charge on any atom is 0.328 e. The van der Waals surface area contributed by atoms with Crippen LogP contribution in [0.15, 0.2) is 0 Å². The Morgan fingerprint density at radius 1 is 0.270 bits per heavy atom. The number of amides is 18. The van der Waals surface area contributed by atoms with E-state index in [0.29, 0.717) is 183 Å². The topological polar surface area (TPSA) is 482 Å². The molecule has 0 aliphatic carbocycles. The Hall–Kier alpha value is -9.20. The number of esters is 1. The van der Waals surface area contributed by atoms with E-state index in [-0.39, 0.29) is 233 Å². The first-order chi connectivity index (χ1) is 63.9. The van der Waals surface area contributed by atoms with Crippen molar-refractivity contribution >= 4 is 165 Å². The van der Waals surface area contributed by atoms with E-state index in [1.165, 1.54) is 122 Å². The summed E-state index contributed by atoms with van der Waals surface area (Å²) in [5.41, 5.74) is 0. The van der Waals surface area contributed by atoms with Gasteiger partial charge in [0.05, 0.1) is 6.61 Å². The van der Waals surface area contributed by atoms with Gasteiger partial charge in [-0.3, -0.25) is 91.1 Å². The number of nitrogens with one attached hydrogen (secondary N) is 6. The highest BCUT2D eigenvalue weighted by atomic mass is 32.2. The Kier molecular flexibility index (Phi) is 79.9. The zero-order valence-corrected chi connectivity index (χ0v) is 87.4. The van der Waals surface area contributed by atoms with Crippen molar-refractivity contribution in [2.45, 2.75) is 245 Å². The van der Waals surface area contributed by atoms with Crippen LogP contribution in [0.25, 0.3) is 0 Å². The summed E-state index contributed by atoms with van der Waals surface area (Å²) >= 11 is 5.87. The summed E-state index contributed by atoms with van der Waals surface area (Å²) < 4.78 is 5.43. The largest absolute Gasteiger partial charge is 0.481 e. The van der Waals surface area contributed by atoms with E-state index in [4.69, 9.17) is 9.84 Å². The SMILES string of the molecule is C.C.CCC(=O)O.CCOC(=O)C(CCCCNC(=O)C(CCCCNC(=O)CCSCCN(CCN(CCN(C)C(C)=O)C(C)=O)C(=O)CC)NC(=O)CCSCCN(CCN(CCN(C)C(C)=O)C(C)=O)C(=O)CC)NC(=O)C(CCCCNC(=O)CCSCCN(CCN(CCN(C)C(C)=O)C(C)=O)C(=O)CC)NC(=O)CCSCCN(CCN(CCN(C)C(C)=O)C(C)=O)C(=O)CC. The highest BCUT2D eigenvalue weighted by Crippen LogP contribution is 2.15. The quantitative estimate of drug-likeness (QED) is 0.0328. The maximum absolute atomic E-state index is 14.5. The Morgan fingerprint density at radius 3 is 0.745 bits per heavy atom. The zero-order valence-electron chi connectivity index (χ0n) is 84.1. The average molecular weight is 2020 g/mol. The van der Waals surface area contributed by atoms with Gasteiger partial charge in [-0.15, -0.1) is 0 Å². The number of ether oxygens (including phenoxy) is 1. The van der Waals surface area contributed by atoms with Gasteiger partial charge in [0.2, 0.25) is 106 Å². The molecule has 3 atom stereocenters. The van der Waals surface area contributed by atoms with Crippen molar-refractivity contribution in [3.05, 3.63) is 0 Å². The van der Waals surface area contributed by atoms with Crippen molar-refractivity contribution in [1.29, 1.82) is 0 Å². The van der Waals surface area contributed by atoms with Crippen LogP contribution in [0.2, 0.25) is 0 Å². The van der Waals surface area contributed by atoms with Crippen molar-refractivity contribution in [2.24, 2.45) is 0 Å². The number of rotatable bonds is 75. The van der Waals surface area contributed by atoms with Crippen LogP contribution in [0.3, 0.4) is 0 Å². The molecule has 3 unspecified atom stereocenters. The minimum atomic E-state index is -1.18. The molecular formula is C93H172N18O22S4. The molecule has 0 rings (SSSR count). The summed E-state index contributed by atoms with van der Waals surface area (Å²) in [7, 11) is 6.60. The van der Waals surface area contributed by atoms with Gasteiger partial charge in [-0.25, -0.2) is 4.79 Å². The number of nitrogens with zero attached hydrogens (tertiary/aromatic N) is 12. The zero-order chi connectivity index (χ0) is 102. The van der Waals surface area contributed by atoms with Crippen LogP contribution < -0.4 is 31.9 Å². The molecule has 0 aliphatic rings. The number of carboxylic acid groups (broad SMARTS) is 1. The molecule has 40 nitrogen and oxygen atoms in total. The Balaban J connectivity index is -0.0000123. The van der Waals surface area contributed by atoms with E-state index in [1.807, 2.05) is 0 Å². The van der Waals surface area contributed by atoms with Crippen LogP contribution in [-0.4, -0.2) is 432 Å². The molecule has 0 heterocycles. The lowest BCUT2D eigenvalue weighted by atomic mass is 10.1. The summed E-state index contributed by atoms with van der Waals surface area (Å²) in [5.74, 6) is -1.86. The van der Waals surface area contributed by atoms with Crippen LogP contribution in [0.1, 0.15) is 227 Å². The fraction of sp³-hybridized carbons (Fsp3) is 0.785. The van der Waals surface area contributed by atoms with Gasteiger partial charge >= 0.3 is 11.9 Å². The fourth-order valence-electron chi connectivity index (χ4n) is 12.7. The van der Waals surface area contributed by atoms with Crippen LogP contribution in [-0.2, 0) is 101 Å². The smallest absolute Gasteiger partial charge is 0.328 e. The van der Waals surface area contributed by atoms with Gasteiger partial charge in [0.1, 0.15) is 18.1 Å². The predicted octanol–water partition coefficient (Wildman–Crippen LogP) is 4.37. The van der Waals surface area contributed by atoms with Gasteiger partial charge in [-0.2, -0.15) is 47.0 Å². The van der Waals surface area contributed by atoms with Gasteiger partial charge in [-0.1, -0.05) is 49.5 Å². The van der Waals surface area contributed by atoms with Crippen LogP contribution in [0.4, 0.5) is 0 Å². The standard InChI is InChI=1S/C88H158N18O20S4.C3H6O2.2CH4/c1-18-82(119)103(51-47-99(71(10)111)43-39-95(14)67(6)107)55-63-127-59-32-78(115)89-36-26-23-29-75(92-80(117)34-61-129-65-57-105(84(121)20-3)53-49-101(73(12)113)45-41-97(16)69(8)109)86(123)91-38-28-25-31-77(88(125)126-22-5)94-87(124)76(93-81(118)35-62-130-66-58-106(85(122)21-4)54-50-102(74(13)114)46-42-98(17)70(9)110)30-24-27-37-90-79(116)33-60-128-64-56-104(83(120)19-2)52-48-100(72(11)112)44-40-96(15)68(7)108;1-2-3(4)5;;/h75-77H,18-66H2,1-17H3,(H,89,115)(H,90,116)(H,91,123)(H,92,117)(H,93,118)(H,94,124);2H2,1H3,(H,4,5);2*1H4. The van der Waals surface area contributed by atoms with E-state index in [1.54, 1.807) is 109 Å². The molecule has 7 N–H and O–H groups in total. The first-order valence-electron chi connectivity index (χ1n) is 47.3. The van der Waals surface area contributed by atoms with Crippen molar-refractivity contribution < 1.29 is 106 Å². The molecule has 18 amide bonds. The Bertz CT molecular complexity index is 3640. The van der Waals surface area contributed by atoms with E-state index in [0.717, 1.165) is 0 Å². The van der Waals surface area contributed by atoms with Crippen molar-refractivity contribution in [2.75, 3.05) is 231 Å². The van der Waals surface area contributed by atoms with Gasteiger partial charge in [-0.05, 0) is 64.7 Å². The van der Waals surface area contributed by atoms with Gasteiger partial charge in [0.25, 0.3) is 0 Å². The molecule has 0 fully saturated rings. The van der Waals surface area contributed by atoms with Crippen LogP contribution in [0, 0.1) is 0 Å². The fourth-order valence-corrected chi connectivity index (χ4v) is 16.2. The molecule has 790 valence electrons. The second kappa shape index (κ2) is 81.6. The number of likely N-dealkylation sites (N-methyl/N-ethyl adjacent to an activating group) is 4. The number of carboxylic acids is 1. The van der Waals surface area contributed by atoms with Gasteiger partial charge < -0.3 is 101 Å². The molecule has 0 spiro atoms. The number of unbranched alkanes of at least 4 members (excludes halogenated alkanes) is 3. The molecular weight excluding hydrogens is 1850 g/mol. The number of thioether (sulfide) groups is 4. The minimum Gasteiger partial charge on any atom is -0.481 e. The average Bonchev–Trinajstić information content (AvgIpc) is 0.885. The third-order valence-corrected chi connectivity index (χ3v) is 25.9. The van der Waals surface area contributed by atoms with Gasteiger partial charge in [0, 0.05) is 338 Å². The highest BCUT2D eigenvalue weighted by molar-refractivity contribution is 7.99. The molecule has 0 aliphatic heterocycles. The maximum atomic E-state index is 14.5. The third kappa shape index (κ3) is 66.9. The number of hydrogen-bond donors (Lipinski definition) is 7. The van der Waals surface area contributed by atoms with E-state index >= 15 is 0 Å². The summed E-state index contributed by atoms with van der Waals surface area (Å²) in [6.07, 6.45) is 4.28. The molecule has 0 radical (unpaired) electrons. The summed E-state index contributed by atoms with van der Waals surface area (Å²) in [6.45, 7) is 28.8. The normalized spacial score (nSPS) is 11.2. The summed E-state index contributed by atoms with van der Waals surface area (Å²) in [4.78, 5) is 273. The van der Waals surface area contributed by atoms with Crippen LogP contribution >= 0.6 is 47.0 Å². The first-order valence-corrected chi connectivity index (χ1v) is 52.0. The lowest BCUT2D eigenvalue weighted by Crippen LogP contribution is -2.52. The second-order valence-electron chi connectivity index (χ2n) is 32.5. The molecule has 0 aromatic heterocycles.